The van der Waals surface area contributed by atoms with Gasteiger partial charge in [-0.15, -0.1) is 0 Å². The van der Waals surface area contributed by atoms with Crippen LogP contribution >= 0.6 is 11.6 Å². The third-order valence-electron chi connectivity index (χ3n) is 6.48. The number of aryl methyl sites for hydroxylation is 1. The Morgan fingerprint density at radius 3 is 2.13 bits per heavy atom. The Balaban J connectivity index is 2.05. The second-order valence-electron chi connectivity index (χ2n) is 9.17. The standard InChI is InChI=1S/C30H36ClN3O4S/c1-4-20-32-30(36)28(6-3)33(21-24-12-10-11-15-27(24)31)29(35)22-34(25-18-16-23(5-2)17-19-25)39(37,38)26-13-8-7-9-14-26/h7-19,28H,4-6,20-22H2,1-3H3,(H,32,36)/t28-/m0/s1. The van der Waals surface area contributed by atoms with Crippen molar-refractivity contribution in [2.45, 2.75) is 57.5 Å². The average molecular weight is 570 g/mol. The van der Waals surface area contributed by atoms with Gasteiger partial charge in [-0.2, -0.15) is 0 Å². The van der Waals surface area contributed by atoms with Gasteiger partial charge in [0.15, 0.2) is 0 Å². The van der Waals surface area contributed by atoms with E-state index >= 15 is 0 Å². The first-order valence-electron chi connectivity index (χ1n) is 13.2. The third kappa shape index (κ3) is 7.61. The van der Waals surface area contributed by atoms with Crippen LogP contribution in [0.25, 0.3) is 0 Å². The van der Waals surface area contributed by atoms with Crippen LogP contribution in [0.3, 0.4) is 0 Å². The summed E-state index contributed by atoms with van der Waals surface area (Å²) in [6.45, 7) is 5.84. The molecule has 9 heteroatoms. The number of hydrogen-bond donors (Lipinski definition) is 1. The monoisotopic (exact) mass is 569 g/mol. The molecule has 0 radical (unpaired) electrons. The van der Waals surface area contributed by atoms with E-state index in [-0.39, 0.29) is 17.3 Å². The zero-order valence-electron chi connectivity index (χ0n) is 22.6. The van der Waals surface area contributed by atoms with E-state index in [1.165, 1.54) is 17.0 Å². The molecule has 3 rings (SSSR count). The van der Waals surface area contributed by atoms with E-state index in [4.69, 9.17) is 11.6 Å². The largest absolute Gasteiger partial charge is 0.354 e. The predicted octanol–water partition coefficient (Wildman–Crippen LogP) is 5.43. The summed E-state index contributed by atoms with van der Waals surface area (Å²) < 4.78 is 28.8. The number of halogens is 1. The Hall–Kier alpha value is -3.36. The van der Waals surface area contributed by atoms with Gasteiger partial charge in [0, 0.05) is 18.1 Å². The van der Waals surface area contributed by atoms with Crippen molar-refractivity contribution in [3.8, 4) is 0 Å². The van der Waals surface area contributed by atoms with Gasteiger partial charge in [0.05, 0.1) is 10.6 Å². The number of benzene rings is 3. The number of amides is 2. The summed E-state index contributed by atoms with van der Waals surface area (Å²) >= 11 is 6.42. The lowest BCUT2D eigenvalue weighted by atomic mass is 10.1. The molecule has 0 aliphatic heterocycles. The van der Waals surface area contributed by atoms with Crippen LogP contribution in [0.1, 0.15) is 44.7 Å². The van der Waals surface area contributed by atoms with Crippen molar-refractivity contribution in [2.75, 3.05) is 17.4 Å². The van der Waals surface area contributed by atoms with Gasteiger partial charge in [-0.25, -0.2) is 8.42 Å². The molecule has 1 atom stereocenters. The number of nitrogens with one attached hydrogen (secondary N) is 1. The van der Waals surface area contributed by atoms with Crippen LogP contribution in [0.5, 0.6) is 0 Å². The number of nitrogens with zero attached hydrogens (tertiary/aromatic N) is 2. The van der Waals surface area contributed by atoms with Crippen molar-refractivity contribution in [1.29, 1.82) is 0 Å². The molecular weight excluding hydrogens is 534 g/mol. The van der Waals surface area contributed by atoms with Gasteiger partial charge in [0.1, 0.15) is 12.6 Å². The van der Waals surface area contributed by atoms with E-state index in [1.807, 2.05) is 39.0 Å². The zero-order chi connectivity index (χ0) is 28.4. The van der Waals surface area contributed by atoms with E-state index in [0.29, 0.717) is 29.2 Å². The maximum Gasteiger partial charge on any atom is 0.264 e. The molecule has 1 N–H and O–H groups in total. The number of carbonyl (C=O) groups excluding carboxylic acids is 2. The molecule has 0 unspecified atom stereocenters. The minimum absolute atomic E-state index is 0.0601. The molecule has 2 amide bonds. The predicted molar refractivity (Wildman–Crippen MR) is 156 cm³/mol. The maximum absolute atomic E-state index is 14.0. The molecule has 3 aromatic rings. The topological polar surface area (TPSA) is 86.8 Å². The normalized spacial score (nSPS) is 12.0. The van der Waals surface area contributed by atoms with Crippen LogP contribution in [0, 0.1) is 0 Å². The van der Waals surface area contributed by atoms with Crippen LogP contribution in [-0.2, 0) is 32.6 Å². The number of carbonyl (C=O) groups is 2. The molecule has 0 bridgehead atoms. The lowest BCUT2D eigenvalue weighted by molar-refractivity contribution is -0.140. The number of sulfonamides is 1. The number of hydrogen-bond acceptors (Lipinski definition) is 4. The third-order valence-corrected chi connectivity index (χ3v) is 8.63. The minimum Gasteiger partial charge on any atom is -0.354 e. The molecule has 3 aromatic carbocycles. The summed E-state index contributed by atoms with van der Waals surface area (Å²) in [7, 11) is -4.09. The van der Waals surface area contributed by atoms with Crippen molar-refractivity contribution in [1.82, 2.24) is 10.2 Å². The quantitative estimate of drug-likeness (QED) is 0.297. The molecule has 0 spiro atoms. The van der Waals surface area contributed by atoms with Crippen molar-refractivity contribution >= 4 is 39.1 Å². The fraction of sp³-hybridized carbons (Fsp3) is 0.333. The first-order chi connectivity index (χ1) is 18.7. The number of anilines is 1. The molecule has 0 saturated carbocycles. The SMILES string of the molecule is CCCNC(=O)[C@H](CC)N(Cc1ccccc1Cl)C(=O)CN(c1ccc(CC)cc1)S(=O)(=O)c1ccccc1. The Morgan fingerprint density at radius 1 is 0.897 bits per heavy atom. The van der Waals surface area contributed by atoms with E-state index < -0.39 is 28.5 Å². The Morgan fingerprint density at radius 2 is 1.54 bits per heavy atom. The van der Waals surface area contributed by atoms with Crippen LogP contribution in [0.4, 0.5) is 5.69 Å². The molecule has 0 aliphatic carbocycles. The van der Waals surface area contributed by atoms with Gasteiger partial charge in [0.25, 0.3) is 10.0 Å². The zero-order valence-corrected chi connectivity index (χ0v) is 24.2. The maximum atomic E-state index is 14.0. The van der Waals surface area contributed by atoms with Gasteiger partial charge in [0.2, 0.25) is 11.8 Å². The lowest BCUT2D eigenvalue weighted by Crippen LogP contribution is -2.52. The van der Waals surface area contributed by atoms with Gasteiger partial charge in [-0.05, 0) is 60.7 Å². The smallest absolute Gasteiger partial charge is 0.264 e. The first kappa shape index (κ1) is 30.2. The Bertz CT molecular complexity index is 1350. The summed E-state index contributed by atoms with van der Waals surface area (Å²) in [4.78, 5) is 28.7. The average Bonchev–Trinajstić information content (AvgIpc) is 2.96. The van der Waals surface area contributed by atoms with E-state index in [9.17, 15) is 18.0 Å². The van der Waals surface area contributed by atoms with Gasteiger partial charge in [-0.3, -0.25) is 13.9 Å². The molecule has 7 nitrogen and oxygen atoms in total. The summed E-state index contributed by atoms with van der Waals surface area (Å²) in [5.74, 6) is -0.794. The summed E-state index contributed by atoms with van der Waals surface area (Å²) in [6, 6.07) is 21.4. The molecule has 0 saturated heterocycles. The summed E-state index contributed by atoms with van der Waals surface area (Å²) in [5, 5.41) is 3.34. The Labute approximate surface area is 236 Å². The highest BCUT2D eigenvalue weighted by Gasteiger charge is 2.33. The molecule has 0 aliphatic rings. The fourth-order valence-electron chi connectivity index (χ4n) is 4.24. The summed E-state index contributed by atoms with van der Waals surface area (Å²) in [5.41, 5.74) is 2.07. The van der Waals surface area contributed by atoms with Crippen molar-refractivity contribution in [3.05, 3.63) is 95.0 Å². The second kappa shape index (κ2) is 14.1. The molecule has 0 fully saturated rings. The summed E-state index contributed by atoms with van der Waals surface area (Å²) in [6.07, 6.45) is 1.89. The van der Waals surface area contributed by atoms with Crippen molar-refractivity contribution in [3.63, 3.8) is 0 Å². The van der Waals surface area contributed by atoms with Crippen molar-refractivity contribution < 1.29 is 18.0 Å². The van der Waals surface area contributed by atoms with E-state index in [1.54, 1.807) is 48.5 Å². The molecular formula is C30H36ClN3O4S. The van der Waals surface area contributed by atoms with Gasteiger partial charge in [-0.1, -0.05) is 80.9 Å². The number of rotatable bonds is 13. The highest BCUT2D eigenvalue weighted by molar-refractivity contribution is 7.92. The van der Waals surface area contributed by atoms with Crippen LogP contribution in [0.2, 0.25) is 5.02 Å². The minimum atomic E-state index is -4.09. The van der Waals surface area contributed by atoms with Gasteiger partial charge >= 0.3 is 0 Å². The van der Waals surface area contributed by atoms with Gasteiger partial charge < -0.3 is 10.2 Å². The second-order valence-corrected chi connectivity index (χ2v) is 11.4. The molecule has 0 aromatic heterocycles. The molecule has 0 heterocycles. The van der Waals surface area contributed by atoms with Crippen LogP contribution in [0.15, 0.2) is 83.8 Å². The Kier molecular flexibility index (Phi) is 10.9. The highest BCUT2D eigenvalue weighted by Crippen LogP contribution is 2.26. The van der Waals surface area contributed by atoms with Crippen LogP contribution < -0.4 is 9.62 Å². The molecule has 208 valence electrons. The van der Waals surface area contributed by atoms with E-state index in [0.717, 1.165) is 22.7 Å². The highest BCUT2D eigenvalue weighted by atomic mass is 35.5. The fourth-order valence-corrected chi connectivity index (χ4v) is 5.87. The van der Waals surface area contributed by atoms with E-state index in [2.05, 4.69) is 5.32 Å². The molecule has 39 heavy (non-hydrogen) atoms. The van der Waals surface area contributed by atoms with Crippen molar-refractivity contribution in [2.24, 2.45) is 0 Å². The lowest BCUT2D eigenvalue weighted by Gasteiger charge is -2.33. The van der Waals surface area contributed by atoms with Crippen LogP contribution in [-0.4, -0.2) is 44.3 Å². The first-order valence-corrected chi connectivity index (χ1v) is 15.0.